The second-order valence-corrected chi connectivity index (χ2v) is 8.48. The maximum absolute atomic E-state index is 9.41. The summed E-state index contributed by atoms with van der Waals surface area (Å²) in [4.78, 5) is 17.0. The fourth-order valence-corrected chi connectivity index (χ4v) is 4.66. The van der Waals surface area contributed by atoms with Gasteiger partial charge in [0, 0.05) is 30.5 Å². The van der Waals surface area contributed by atoms with Gasteiger partial charge in [0.05, 0.1) is 41.3 Å². The van der Waals surface area contributed by atoms with Crippen LogP contribution in [0.15, 0.2) is 6.07 Å². The van der Waals surface area contributed by atoms with Gasteiger partial charge >= 0.3 is 0 Å². The third-order valence-corrected chi connectivity index (χ3v) is 5.91. The molecule has 0 radical (unpaired) electrons. The lowest BCUT2D eigenvalue weighted by molar-refractivity contribution is -0.0411. The Morgan fingerprint density at radius 1 is 1.19 bits per heavy atom. The van der Waals surface area contributed by atoms with E-state index in [9.17, 15) is 10.2 Å². The SMILES string of the molecule is Cc1nc(N(CCO)CCO)c2sc3nc4c(cc3c2n1)COC(C)(C)C4. The summed E-state index contributed by atoms with van der Waals surface area (Å²) in [5.74, 6) is 1.41. The van der Waals surface area contributed by atoms with Gasteiger partial charge in [0.15, 0.2) is 5.82 Å². The van der Waals surface area contributed by atoms with E-state index < -0.39 is 0 Å². The zero-order valence-electron chi connectivity index (χ0n) is 15.8. The first-order chi connectivity index (χ1) is 12.9. The number of pyridine rings is 1. The number of hydrogen-bond acceptors (Lipinski definition) is 8. The summed E-state index contributed by atoms with van der Waals surface area (Å²) >= 11 is 1.57. The molecule has 3 aromatic rings. The topological polar surface area (TPSA) is 91.6 Å². The van der Waals surface area contributed by atoms with Crippen molar-refractivity contribution >= 4 is 37.6 Å². The fourth-order valence-electron chi connectivity index (χ4n) is 3.53. The molecule has 0 unspecified atom stereocenters. The molecule has 4 rings (SSSR count). The molecule has 0 aromatic carbocycles. The van der Waals surface area contributed by atoms with Crippen LogP contribution in [0.4, 0.5) is 5.82 Å². The first kappa shape index (κ1) is 18.5. The Morgan fingerprint density at radius 3 is 2.63 bits per heavy atom. The average molecular weight is 388 g/mol. The molecule has 0 bridgehead atoms. The van der Waals surface area contributed by atoms with E-state index in [4.69, 9.17) is 9.72 Å². The number of ether oxygens (including phenoxy) is 1. The van der Waals surface area contributed by atoms with E-state index in [0.717, 1.165) is 43.9 Å². The summed E-state index contributed by atoms with van der Waals surface area (Å²) < 4.78 is 6.88. The van der Waals surface area contributed by atoms with Crippen molar-refractivity contribution in [1.82, 2.24) is 15.0 Å². The summed E-state index contributed by atoms with van der Waals surface area (Å²) in [7, 11) is 0. The molecule has 0 atom stereocenters. The number of aliphatic hydroxyl groups is 2. The Morgan fingerprint density at radius 2 is 1.93 bits per heavy atom. The normalized spacial score (nSPS) is 16.0. The van der Waals surface area contributed by atoms with E-state index >= 15 is 0 Å². The highest BCUT2D eigenvalue weighted by Gasteiger charge is 2.28. The lowest BCUT2D eigenvalue weighted by Crippen LogP contribution is -2.32. The predicted octanol–water partition coefficient (Wildman–Crippen LogP) is 2.19. The van der Waals surface area contributed by atoms with Crippen molar-refractivity contribution in [1.29, 1.82) is 0 Å². The zero-order chi connectivity index (χ0) is 19.2. The number of rotatable bonds is 5. The number of aliphatic hydroxyl groups excluding tert-OH is 2. The molecule has 0 amide bonds. The number of hydrogen-bond donors (Lipinski definition) is 2. The van der Waals surface area contributed by atoms with Crippen LogP contribution in [0.3, 0.4) is 0 Å². The zero-order valence-corrected chi connectivity index (χ0v) is 16.6. The van der Waals surface area contributed by atoms with E-state index in [1.165, 1.54) is 0 Å². The van der Waals surface area contributed by atoms with Gasteiger partial charge in [-0.05, 0) is 26.8 Å². The third-order valence-electron chi connectivity index (χ3n) is 4.82. The van der Waals surface area contributed by atoms with Crippen molar-refractivity contribution in [3.8, 4) is 0 Å². The maximum atomic E-state index is 9.41. The van der Waals surface area contributed by atoms with Crippen molar-refractivity contribution < 1.29 is 14.9 Å². The molecule has 8 heteroatoms. The molecule has 0 saturated heterocycles. The van der Waals surface area contributed by atoms with Crippen molar-refractivity contribution in [3.05, 3.63) is 23.1 Å². The smallest absolute Gasteiger partial charge is 0.150 e. The second kappa shape index (κ2) is 6.94. The number of aromatic nitrogens is 3. The molecule has 1 aliphatic heterocycles. The molecule has 0 saturated carbocycles. The Kier molecular flexibility index (Phi) is 4.75. The summed E-state index contributed by atoms with van der Waals surface area (Å²) in [5.41, 5.74) is 2.87. The van der Waals surface area contributed by atoms with Crippen LogP contribution in [0.25, 0.3) is 20.4 Å². The van der Waals surface area contributed by atoms with Gasteiger partial charge in [0.2, 0.25) is 0 Å². The van der Waals surface area contributed by atoms with E-state index in [2.05, 4.69) is 29.9 Å². The molecule has 27 heavy (non-hydrogen) atoms. The van der Waals surface area contributed by atoms with Crippen molar-refractivity contribution in [2.45, 2.75) is 39.4 Å². The van der Waals surface area contributed by atoms with Gasteiger partial charge < -0.3 is 19.8 Å². The molecule has 7 nitrogen and oxygen atoms in total. The summed E-state index contributed by atoms with van der Waals surface area (Å²) in [5, 5.41) is 19.8. The highest BCUT2D eigenvalue weighted by molar-refractivity contribution is 7.25. The van der Waals surface area contributed by atoms with Crippen LogP contribution in [-0.4, -0.2) is 57.1 Å². The lowest BCUT2D eigenvalue weighted by Gasteiger charge is -2.30. The van der Waals surface area contributed by atoms with Crippen LogP contribution in [-0.2, 0) is 17.8 Å². The van der Waals surface area contributed by atoms with Crippen LogP contribution in [0.1, 0.15) is 30.9 Å². The number of aryl methyl sites for hydroxylation is 1. The first-order valence-electron chi connectivity index (χ1n) is 9.12. The minimum Gasteiger partial charge on any atom is -0.395 e. The quantitative estimate of drug-likeness (QED) is 0.692. The molecule has 0 aliphatic carbocycles. The summed E-state index contributed by atoms with van der Waals surface area (Å²) in [6.45, 7) is 7.39. The van der Waals surface area contributed by atoms with Gasteiger partial charge in [-0.15, -0.1) is 11.3 Å². The number of nitrogens with zero attached hydrogens (tertiary/aromatic N) is 4. The molecule has 0 spiro atoms. The van der Waals surface area contributed by atoms with Crippen molar-refractivity contribution in [2.75, 3.05) is 31.2 Å². The Hall–Kier alpha value is -1.87. The monoisotopic (exact) mass is 388 g/mol. The van der Waals surface area contributed by atoms with Gasteiger partial charge in [0.25, 0.3) is 0 Å². The Labute approximate surface area is 161 Å². The molecule has 2 N–H and O–H groups in total. The van der Waals surface area contributed by atoms with E-state index in [0.29, 0.717) is 25.5 Å². The van der Waals surface area contributed by atoms with Gasteiger partial charge in [-0.2, -0.15) is 0 Å². The minimum atomic E-state index is -0.203. The van der Waals surface area contributed by atoms with Crippen molar-refractivity contribution in [2.24, 2.45) is 0 Å². The standard InChI is InChI=1S/C19H24N4O3S/c1-11-20-15-13-8-12-10-26-19(2,3)9-14(12)22-18(13)27-16(15)17(21-11)23(4-6-24)5-7-25/h8,24-25H,4-7,9-10H2,1-3H3. The number of thiophene rings is 1. The molecule has 1 aliphatic rings. The Bertz CT molecular complexity index is 996. The molecule has 144 valence electrons. The van der Waals surface area contributed by atoms with E-state index in [-0.39, 0.29) is 18.8 Å². The van der Waals surface area contributed by atoms with E-state index in [1.54, 1.807) is 11.3 Å². The maximum Gasteiger partial charge on any atom is 0.150 e. The fraction of sp³-hybridized carbons (Fsp3) is 0.526. The highest BCUT2D eigenvalue weighted by atomic mass is 32.1. The lowest BCUT2D eigenvalue weighted by atomic mass is 9.95. The summed E-state index contributed by atoms with van der Waals surface area (Å²) in [6.07, 6.45) is 0.783. The third kappa shape index (κ3) is 3.38. The first-order valence-corrected chi connectivity index (χ1v) is 9.94. The summed E-state index contributed by atoms with van der Waals surface area (Å²) in [6, 6.07) is 2.14. The molecule has 0 fully saturated rings. The van der Waals surface area contributed by atoms with Gasteiger partial charge in [-0.1, -0.05) is 0 Å². The second-order valence-electron chi connectivity index (χ2n) is 7.48. The van der Waals surface area contributed by atoms with Crippen LogP contribution in [0, 0.1) is 6.92 Å². The predicted molar refractivity (Wildman–Crippen MR) is 106 cm³/mol. The molecular weight excluding hydrogens is 364 g/mol. The van der Waals surface area contributed by atoms with Crippen LogP contribution in [0.5, 0.6) is 0 Å². The average Bonchev–Trinajstić information content (AvgIpc) is 2.95. The van der Waals surface area contributed by atoms with E-state index in [1.807, 2.05) is 11.8 Å². The minimum absolute atomic E-state index is 0.00555. The largest absolute Gasteiger partial charge is 0.395 e. The Balaban J connectivity index is 1.92. The number of fused-ring (bicyclic) bond motifs is 4. The molecule has 4 heterocycles. The highest BCUT2D eigenvalue weighted by Crippen LogP contribution is 2.39. The van der Waals surface area contributed by atoms with Gasteiger partial charge in [-0.3, -0.25) is 0 Å². The van der Waals surface area contributed by atoms with Crippen LogP contribution in [0.2, 0.25) is 0 Å². The number of anilines is 1. The van der Waals surface area contributed by atoms with Crippen LogP contribution >= 0.6 is 11.3 Å². The van der Waals surface area contributed by atoms with Gasteiger partial charge in [0.1, 0.15) is 10.7 Å². The van der Waals surface area contributed by atoms with Gasteiger partial charge in [-0.25, -0.2) is 15.0 Å². The van der Waals surface area contributed by atoms with Crippen LogP contribution < -0.4 is 4.90 Å². The van der Waals surface area contributed by atoms with Crippen molar-refractivity contribution in [3.63, 3.8) is 0 Å². The molecule has 3 aromatic heterocycles. The molecular formula is C19H24N4O3S.